The largest absolute Gasteiger partial charge is 0.507 e. The van der Waals surface area contributed by atoms with Gasteiger partial charge in [-0.2, -0.15) is 0 Å². The molecule has 4 aromatic rings. The highest BCUT2D eigenvalue weighted by atomic mass is 16.5. The summed E-state index contributed by atoms with van der Waals surface area (Å²) in [7, 11) is 1.50. The van der Waals surface area contributed by atoms with Crippen molar-refractivity contribution in [3.05, 3.63) is 104 Å². The summed E-state index contributed by atoms with van der Waals surface area (Å²) in [6.45, 7) is 0.604. The van der Waals surface area contributed by atoms with Crippen molar-refractivity contribution in [2.75, 3.05) is 20.3 Å². The van der Waals surface area contributed by atoms with Gasteiger partial charge in [-0.15, -0.1) is 0 Å². The molecule has 0 spiro atoms. The number of nitrogens with zero attached hydrogens (tertiary/aromatic N) is 1. The molecule has 5 atom stereocenters. The highest BCUT2D eigenvalue weighted by molar-refractivity contribution is 5.88. The van der Waals surface area contributed by atoms with Gasteiger partial charge in [0.1, 0.15) is 29.5 Å². The van der Waals surface area contributed by atoms with Gasteiger partial charge < -0.3 is 34.6 Å². The topological polar surface area (TPSA) is 121 Å². The van der Waals surface area contributed by atoms with Gasteiger partial charge in [0.05, 0.1) is 31.7 Å². The van der Waals surface area contributed by atoms with Gasteiger partial charge in [0.2, 0.25) is 0 Å². The van der Waals surface area contributed by atoms with Crippen molar-refractivity contribution in [2.45, 2.75) is 55.8 Å². The zero-order valence-electron chi connectivity index (χ0n) is 25.9. The standard InChI is InChI=1S/C39H35NO7/c1-45-34-15-21(3-10-32(34)43)37-33(44)17-29-28-16-27-23(19-2-9-30-20(14-19)12-13-40-30)6-7-24-31(42)11-8-25(35(24)27)36(28)39-26(38(29)47-37)5-4-22(18-41)46-39/h2-3,6-12,14-15,22-23,27,33,37,41-44H,4-5,13,16-18H2,1H3. The molecule has 4 aromatic carbocycles. The van der Waals surface area contributed by atoms with E-state index in [0.717, 1.165) is 55.3 Å². The number of hydrogen-bond donors (Lipinski definition) is 4. The van der Waals surface area contributed by atoms with Crippen LogP contribution < -0.4 is 24.8 Å². The molecule has 4 N–H and O–H groups in total. The van der Waals surface area contributed by atoms with E-state index >= 15 is 0 Å². The van der Waals surface area contributed by atoms with Crippen molar-refractivity contribution in [2.24, 2.45) is 4.99 Å². The second-order valence-electron chi connectivity index (χ2n) is 13.2. The van der Waals surface area contributed by atoms with Gasteiger partial charge in [-0.1, -0.05) is 36.4 Å². The van der Waals surface area contributed by atoms with Crippen molar-refractivity contribution < 1.29 is 34.6 Å². The average molecular weight is 630 g/mol. The number of allylic oxidation sites excluding steroid dienone is 1. The van der Waals surface area contributed by atoms with E-state index in [2.05, 4.69) is 35.3 Å². The van der Waals surface area contributed by atoms with Gasteiger partial charge in [0, 0.05) is 34.6 Å². The highest BCUT2D eigenvalue weighted by Crippen LogP contribution is 2.59. The van der Waals surface area contributed by atoms with E-state index < -0.39 is 12.2 Å². The number of aliphatic hydroxyl groups is 2. The lowest BCUT2D eigenvalue weighted by atomic mass is 9.65. The molecule has 8 nitrogen and oxygen atoms in total. The highest BCUT2D eigenvalue weighted by Gasteiger charge is 2.43. The number of methoxy groups -OCH3 is 1. The third-order valence-electron chi connectivity index (χ3n) is 10.7. The smallest absolute Gasteiger partial charge is 0.160 e. The Hall–Kier alpha value is -4.79. The Morgan fingerprint density at radius 3 is 2.62 bits per heavy atom. The molecule has 2 aliphatic carbocycles. The molecule has 47 heavy (non-hydrogen) atoms. The lowest BCUT2D eigenvalue weighted by Crippen LogP contribution is -2.35. The molecule has 3 aliphatic heterocycles. The number of benzene rings is 4. The number of fused-ring (bicyclic) bond motifs is 8. The fourth-order valence-corrected chi connectivity index (χ4v) is 8.48. The Bertz CT molecular complexity index is 2140. The quantitative estimate of drug-likeness (QED) is 0.265. The third kappa shape index (κ3) is 4.24. The van der Waals surface area contributed by atoms with Gasteiger partial charge >= 0.3 is 0 Å². The first-order valence-electron chi connectivity index (χ1n) is 16.3. The Morgan fingerprint density at radius 1 is 0.915 bits per heavy atom. The number of rotatable bonds is 4. The Labute approximate surface area is 271 Å². The van der Waals surface area contributed by atoms with E-state index in [-0.39, 0.29) is 36.0 Å². The Morgan fingerprint density at radius 2 is 1.77 bits per heavy atom. The zero-order valence-corrected chi connectivity index (χ0v) is 25.9. The molecule has 8 heteroatoms. The van der Waals surface area contributed by atoms with Crippen LogP contribution in [0.2, 0.25) is 0 Å². The number of hydrogen-bond acceptors (Lipinski definition) is 8. The van der Waals surface area contributed by atoms with E-state index in [0.29, 0.717) is 49.3 Å². The fourth-order valence-electron chi connectivity index (χ4n) is 8.48. The normalized spacial score (nSPS) is 24.3. The molecule has 5 aliphatic rings. The molecule has 0 fully saturated rings. The summed E-state index contributed by atoms with van der Waals surface area (Å²) < 4.78 is 18.7. The maximum absolute atomic E-state index is 11.7. The van der Waals surface area contributed by atoms with Crippen molar-refractivity contribution in [3.63, 3.8) is 0 Å². The molecule has 0 saturated carbocycles. The summed E-state index contributed by atoms with van der Waals surface area (Å²) in [4.78, 5) is 4.58. The second-order valence-corrected chi connectivity index (χ2v) is 13.2. The van der Waals surface area contributed by atoms with Crippen LogP contribution in [0.4, 0.5) is 0 Å². The predicted molar refractivity (Wildman–Crippen MR) is 176 cm³/mol. The summed E-state index contributed by atoms with van der Waals surface area (Å²) in [6, 6.07) is 15.3. The Kier molecular flexibility index (Phi) is 6.42. The lowest BCUT2D eigenvalue weighted by molar-refractivity contribution is 0.0181. The van der Waals surface area contributed by atoms with Crippen LogP contribution >= 0.6 is 0 Å². The SMILES string of the molecule is COc1cc(C2Oc3c(c4c(c5c3CCC(CO)O5)-c3ccc(O)c5c3C(C4)C(c3ccc4c(c3)=CCN=4)C=C5)CC2O)ccc1O. The molecular weight excluding hydrogens is 594 g/mol. The molecule has 0 radical (unpaired) electrons. The predicted octanol–water partition coefficient (Wildman–Crippen LogP) is 4.36. The number of aliphatic hydroxyl groups excluding tert-OH is 2. The molecule has 0 amide bonds. The van der Waals surface area contributed by atoms with Crippen LogP contribution in [0.1, 0.15) is 63.3 Å². The van der Waals surface area contributed by atoms with Crippen molar-refractivity contribution in [3.8, 4) is 39.9 Å². The van der Waals surface area contributed by atoms with Crippen molar-refractivity contribution in [1.82, 2.24) is 0 Å². The van der Waals surface area contributed by atoms with Crippen LogP contribution in [0, 0.1) is 0 Å². The van der Waals surface area contributed by atoms with Gasteiger partial charge in [0.15, 0.2) is 11.5 Å². The molecular formula is C39H35NO7. The molecule has 0 aromatic heterocycles. The summed E-state index contributed by atoms with van der Waals surface area (Å²) in [5.41, 5.74) is 8.81. The molecule has 5 unspecified atom stereocenters. The first-order chi connectivity index (χ1) is 22.9. The van der Waals surface area contributed by atoms with Crippen molar-refractivity contribution >= 4 is 12.2 Å². The van der Waals surface area contributed by atoms with Gasteiger partial charge in [0.25, 0.3) is 0 Å². The average Bonchev–Trinajstić information content (AvgIpc) is 3.57. The number of ether oxygens (including phenoxy) is 3. The van der Waals surface area contributed by atoms with Crippen LogP contribution in [0.5, 0.6) is 28.7 Å². The molecule has 9 rings (SSSR count). The van der Waals surface area contributed by atoms with E-state index in [4.69, 9.17) is 14.2 Å². The van der Waals surface area contributed by atoms with Crippen molar-refractivity contribution in [1.29, 1.82) is 0 Å². The fraction of sp³-hybridized carbons (Fsp3) is 0.308. The van der Waals surface area contributed by atoms with E-state index in [1.54, 1.807) is 24.3 Å². The molecule has 238 valence electrons. The van der Waals surface area contributed by atoms with E-state index in [1.165, 1.54) is 12.7 Å². The minimum Gasteiger partial charge on any atom is -0.507 e. The van der Waals surface area contributed by atoms with Gasteiger partial charge in [-0.05, 0) is 88.5 Å². The minimum atomic E-state index is -0.844. The third-order valence-corrected chi connectivity index (χ3v) is 10.7. The first-order valence-corrected chi connectivity index (χ1v) is 16.3. The second kappa shape index (κ2) is 10.6. The zero-order chi connectivity index (χ0) is 32.0. The molecule has 0 saturated heterocycles. The monoisotopic (exact) mass is 629 g/mol. The van der Waals surface area contributed by atoms with Gasteiger partial charge in [-0.25, -0.2) is 0 Å². The van der Waals surface area contributed by atoms with Gasteiger partial charge in [-0.3, -0.25) is 4.99 Å². The van der Waals surface area contributed by atoms with Crippen LogP contribution in [0.15, 0.2) is 59.6 Å². The number of aromatic hydroxyl groups is 2. The maximum Gasteiger partial charge on any atom is 0.160 e. The maximum atomic E-state index is 11.7. The first kappa shape index (κ1) is 28.4. The summed E-state index contributed by atoms with van der Waals surface area (Å²) in [6.07, 6.45) is 6.88. The van der Waals surface area contributed by atoms with Crippen LogP contribution in [0.25, 0.3) is 23.3 Å². The number of phenols is 2. The summed E-state index contributed by atoms with van der Waals surface area (Å²) >= 11 is 0. The summed E-state index contributed by atoms with van der Waals surface area (Å²) in [5, 5.41) is 45.3. The Balaban J connectivity index is 1.24. The lowest BCUT2D eigenvalue weighted by Gasteiger charge is -2.42. The van der Waals surface area contributed by atoms with Crippen LogP contribution in [-0.2, 0) is 19.3 Å². The molecule has 3 heterocycles. The van der Waals surface area contributed by atoms with Crippen LogP contribution in [0.3, 0.4) is 0 Å². The number of phenolic OH excluding ortho intramolecular Hbond substituents is 2. The van der Waals surface area contributed by atoms with E-state index in [1.807, 2.05) is 12.1 Å². The van der Waals surface area contributed by atoms with E-state index in [9.17, 15) is 20.4 Å². The summed E-state index contributed by atoms with van der Waals surface area (Å²) in [5.74, 6) is 2.12. The van der Waals surface area contributed by atoms with Crippen LogP contribution in [-0.4, -0.2) is 52.9 Å². The molecule has 0 bridgehead atoms. The minimum absolute atomic E-state index is 0.0210.